The van der Waals surface area contributed by atoms with Gasteiger partial charge in [0.05, 0.1) is 5.56 Å². The molecule has 2 fully saturated rings. The number of piperazine rings is 1. The van der Waals surface area contributed by atoms with E-state index in [2.05, 4.69) is 25.7 Å². The van der Waals surface area contributed by atoms with Crippen LogP contribution in [0, 0.1) is 0 Å². The largest absolute Gasteiger partial charge is 0.478 e. The van der Waals surface area contributed by atoms with Crippen LogP contribution in [0.15, 0.2) is 22.7 Å². The average molecular weight is 325 g/mol. The van der Waals surface area contributed by atoms with Crippen LogP contribution in [-0.4, -0.2) is 48.2 Å². The minimum Gasteiger partial charge on any atom is -0.478 e. The third-order valence-electron chi connectivity index (χ3n) is 3.87. The molecule has 2 aliphatic rings. The molecule has 1 saturated heterocycles. The fraction of sp³-hybridized carbons (Fsp3) is 0.500. The molecule has 1 heterocycles. The fourth-order valence-corrected chi connectivity index (χ4v) is 3.15. The van der Waals surface area contributed by atoms with Gasteiger partial charge in [0.1, 0.15) is 0 Å². The topological polar surface area (TPSA) is 43.8 Å². The highest BCUT2D eigenvalue weighted by Gasteiger charge is 2.31. The molecule has 0 aromatic heterocycles. The molecule has 0 atom stereocenters. The van der Waals surface area contributed by atoms with E-state index in [4.69, 9.17) is 5.11 Å². The Morgan fingerprint density at radius 1 is 1.16 bits per heavy atom. The highest BCUT2D eigenvalue weighted by molar-refractivity contribution is 9.10. The smallest absolute Gasteiger partial charge is 0.335 e. The van der Waals surface area contributed by atoms with Crippen LogP contribution in [0.3, 0.4) is 0 Å². The maximum atomic E-state index is 11.1. The van der Waals surface area contributed by atoms with Gasteiger partial charge in [-0.05, 0) is 31.0 Å². The molecule has 1 aromatic carbocycles. The molecule has 0 unspecified atom stereocenters. The normalized spacial score (nSPS) is 20.6. The van der Waals surface area contributed by atoms with Gasteiger partial charge in [-0.1, -0.05) is 15.9 Å². The number of hydrogen-bond donors (Lipinski definition) is 1. The number of carbonyl (C=O) groups is 1. The van der Waals surface area contributed by atoms with Gasteiger partial charge in [0, 0.05) is 42.4 Å². The molecule has 1 aliphatic heterocycles. The summed E-state index contributed by atoms with van der Waals surface area (Å²) in [6, 6.07) is 6.23. The van der Waals surface area contributed by atoms with Crippen LogP contribution in [0.1, 0.15) is 23.2 Å². The zero-order valence-corrected chi connectivity index (χ0v) is 12.3. The van der Waals surface area contributed by atoms with Crippen LogP contribution in [0.2, 0.25) is 0 Å². The predicted octanol–water partition coefficient (Wildman–Crippen LogP) is 2.43. The van der Waals surface area contributed by atoms with Gasteiger partial charge < -0.3 is 10.0 Å². The Bertz CT molecular complexity index is 494. The average Bonchev–Trinajstić information content (AvgIpc) is 3.22. The summed E-state index contributed by atoms with van der Waals surface area (Å²) in [7, 11) is 0. The summed E-state index contributed by atoms with van der Waals surface area (Å²) in [4.78, 5) is 15.9. The molecule has 0 spiro atoms. The van der Waals surface area contributed by atoms with Crippen LogP contribution < -0.4 is 4.90 Å². The first kappa shape index (κ1) is 12.9. The van der Waals surface area contributed by atoms with Crippen LogP contribution >= 0.6 is 15.9 Å². The minimum absolute atomic E-state index is 0.342. The Morgan fingerprint density at radius 2 is 1.84 bits per heavy atom. The molecule has 1 N–H and O–H groups in total. The summed E-state index contributed by atoms with van der Waals surface area (Å²) < 4.78 is 0.826. The standard InChI is InChI=1S/C14H17BrN2O2/c15-11-7-10(14(18)19)8-13(9-11)17-5-3-16(4-6-17)12-1-2-12/h7-9,12H,1-6H2,(H,18,19). The Morgan fingerprint density at radius 3 is 2.42 bits per heavy atom. The molecule has 1 saturated carbocycles. The number of halogens is 1. The van der Waals surface area contributed by atoms with E-state index in [0.717, 1.165) is 42.4 Å². The molecule has 19 heavy (non-hydrogen) atoms. The van der Waals surface area contributed by atoms with Crippen molar-refractivity contribution in [2.75, 3.05) is 31.1 Å². The second kappa shape index (κ2) is 5.13. The number of rotatable bonds is 3. The van der Waals surface area contributed by atoms with Gasteiger partial charge in [-0.2, -0.15) is 0 Å². The first-order valence-electron chi connectivity index (χ1n) is 6.66. The Hall–Kier alpha value is -1.07. The van der Waals surface area contributed by atoms with Crippen LogP contribution in [0.5, 0.6) is 0 Å². The van der Waals surface area contributed by atoms with E-state index in [0.29, 0.717) is 5.56 Å². The summed E-state index contributed by atoms with van der Waals surface area (Å²) in [5, 5.41) is 9.11. The molecule has 4 nitrogen and oxygen atoms in total. The second-order valence-electron chi connectivity index (χ2n) is 5.26. The van der Waals surface area contributed by atoms with E-state index in [1.54, 1.807) is 12.1 Å². The first-order chi connectivity index (χ1) is 9.13. The highest BCUT2D eigenvalue weighted by atomic mass is 79.9. The SMILES string of the molecule is O=C(O)c1cc(Br)cc(N2CCN(C3CC3)CC2)c1. The molecule has 102 valence electrons. The van der Waals surface area contributed by atoms with Crippen LogP contribution in [-0.2, 0) is 0 Å². The molecule has 5 heteroatoms. The number of anilines is 1. The molecular weight excluding hydrogens is 308 g/mol. The van der Waals surface area contributed by atoms with Gasteiger partial charge in [-0.25, -0.2) is 4.79 Å². The zero-order chi connectivity index (χ0) is 13.4. The Labute approximate surface area is 121 Å². The number of benzene rings is 1. The number of nitrogens with zero attached hydrogens (tertiary/aromatic N) is 2. The molecule has 0 bridgehead atoms. The van der Waals surface area contributed by atoms with Crippen molar-refractivity contribution >= 4 is 27.6 Å². The molecule has 1 aliphatic carbocycles. The third kappa shape index (κ3) is 2.92. The minimum atomic E-state index is -0.876. The van der Waals surface area contributed by atoms with Crippen molar-refractivity contribution in [2.45, 2.75) is 18.9 Å². The number of carboxylic acids is 1. The monoisotopic (exact) mass is 324 g/mol. The zero-order valence-electron chi connectivity index (χ0n) is 10.7. The number of hydrogen-bond acceptors (Lipinski definition) is 3. The first-order valence-corrected chi connectivity index (χ1v) is 7.45. The Balaban J connectivity index is 1.73. The van der Waals surface area contributed by atoms with Gasteiger partial charge >= 0.3 is 5.97 Å². The van der Waals surface area contributed by atoms with E-state index in [1.165, 1.54) is 12.8 Å². The summed E-state index contributed by atoms with van der Waals surface area (Å²) in [5.41, 5.74) is 1.34. The van der Waals surface area contributed by atoms with Crippen LogP contribution in [0.4, 0.5) is 5.69 Å². The lowest BCUT2D eigenvalue weighted by molar-refractivity contribution is 0.0697. The highest BCUT2D eigenvalue weighted by Crippen LogP contribution is 2.29. The maximum absolute atomic E-state index is 11.1. The van der Waals surface area contributed by atoms with Crippen molar-refractivity contribution in [1.29, 1.82) is 0 Å². The number of carboxylic acid groups (broad SMARTS) is 1. The molecular formula is C14H17BrN2O2. The summed E-state index contributed by atoms with van der Waals surface area (Å²) >= 11 is 3.39. The predicted molar refractivity (Wildman–Crippen MR) is 77.9 cm³/mol. The lowest BCUT2D eigenvalue weighted by Crippen LogP contribution is -2.47. The lowest BCUT2D eigenvalue weighted by atomic mass is 10.1. The third-order valence-corrected chi connectivity index (χ3v) is 4.33. The quantitative estimate of drug-likeness (QED) is 0.927. The van der Waals surface area contributed by atoms with Crippen LogP contribution in [0.25, 0.3) is 0 Å². The molecule has 1 aromatic rings. The summed E-state index contributed by atoms with van der Waals surface area (Å²) in [6.07, 6.45) is 2.69. The number of aromatic carboxylic acids is 1. The van der Waals surface area contributed by atoms with Gasteiger partial charge in [0.25, 0.3) is 0 Å². The summed E-state index contributed by atoms with van der Waals surface area (Å²) in [6.45, 7) is 4.12. The Kier molecular flexibility index (Phi) is 3.50. The van der Waals surface area contributed by atoms with Crippen molar-refractivity contribution in [3.63, 3.8) is 0 Å². The molecule has 0 amide bonds. The van der Waals surface area contributed by atoms with E-state index in [1.807, 2.05) is 6.07 Å². The summed E-state index contributed by atoms with van der Waals surface area (Å²) in [5.74, 6) is -0.876. The van der Waals surface area contributed by atoms with E-state index in [9.17, 15) is 4.79 Å². The van der Waals surface area contributed by atoms with Gasteiger partial charge in [-0.15, -0.1) is 0 Å². The van der Waals surface area contributed by atoms with Crippen molar-refractivity contribution < 1.29 is 9.90 Å². The fourth-order valence-electron chi connectivity index (χ4n) is 2.67. The van der Waals surface area contributed by atoms with E-state index >= 15 is 0 Å². The van der Waals surface area contributed by atoms with Gasteiger partial charge in [0.15, 0.2) is 0 Å². The lowest BCUT2D eigenvalue weighted by Gasteiger charge is -2.36. The van der Waals surface area contributed by atoms with Crippen molar-refractivity contribution in [3.05, 3.63) is 28.2 Å². The van der Waals surface area contributed by atoms with Gasteiger partial charge in [-0.3, -0.25) is 4.90 Å². The molecule has 3 rings (SSSR count). The second-order valence-corrected chi connectivity index (χ2v) is 6.17. The van der Waals surface area contributed by atoms with Crippen molar-refractivity contribution in [3.8, 4) is 0 Å². The van der Waals surface area contributed by atoms with E-state index < -0.39 is 5.97 Å². The molecule has 0 radical (unpaired) electrons. The maximum Gasteiger partial charge on any atom is 0.335 e. The van der Waals surface area contributed by atoms with Crippen molar-refractivity contribution in [1.82, 2.24) is 4.90 Å². The van der Waals surface area contributed by atoms with Crippen molar-refractivity contribution in [2.24, 2.45) is 0 Å². The van der Waals surface area contributed by atoms with Gasteiger partial charge in [0.2, 0.25) is 0 Å². The van der Waals surface area contributed by atoms with E-state index in [-0.39, 0.29) is 0 Å².